The number of rotatable bonds is 3. The van der Waals surface area contributed by atoms with Crippen molar-refractivity contribution in [1.29, 1.82) is 0 Å². The summed E-state index contributed by atoms with van der Waals surface area (Å²) >= 11 is 13.7. The molecule has 2 atom stereocenters. The first kappa shape index (κ1) is 23.0. The minimum Gasteiger partial charge on any atom is -0.507 e. The van der Waals surface area contributed by atoms with Gasteiger partial charge in [0.15, 0.2) is 5.13 Å². The summed E-state index contributed by atoms with van der Waals surface area (Å²) in [4.78, 5) is 32.8. The molecule has 0 radical (unpaired) electrons. The molecule has 3 heterocycles. The largest absolute Gasteiger partial charge is 0.507 e. The zero-order chi connectivity index (χ0) is 25.1. The van der Waals surface area contributed by atoms with Crippen molar-refractivity contribution >= 4 is 67.3 Å². The van der Waals surface area contributed by atoms with Crippen molar-refractivity contribution in [3.8, 4) is 5.75 Å². The summed E-state index contributed by atoms with van der Waals surface area (Å²) in [5.74, 6) is -1.07. The summed E-state index contributed by atoms with van der Waals surface area (Å²) in [6, 6.07) is 16.5. The summed E-state index contributed by atoms with van der Waals surface area (Å²) in [6.45, 7) is 1.97. The van der Waals surface area contributed by atoms with E-state index in [-0.39, 0.29) is 17.4 Å². The van der Waals surface area contributed by atoms with Crippen molar-refractivity contribution in [2.45, 2.75) is 25.5 Å². The third kappa shape index (κ3) is 3.75. The van der Waals surface area contributed by atoms with E-state index >= 15 is 0 Å². The van der Waals surface area contributed by atoms with E-state index < -0.39 is 17.7 Å². The van der Waals surface area contributed by atoms with Gasteiger partial charge in [0, 0.05) is 22.0 Å². The smallest absolute Gasteiger partial charge is 0.301 e. The van der Waals surface area contributed by atoms with Crippen LogP contribution >= 0.6 is 34.5 Å². The molecule has 0 bridgehead atoms. The highest BCUT2D eigenvalue weighted by Crippen LogP contribution is 2.45. The molecule has 2 aliphatic heterocycles. The Balaban J connectivity index is 1.54. The summed E-state index contributed by atoms with van der Waals surface area (Å²) in [5.41, 5.74) is 2.58. The minimum atomic E-state index is -0.914. The Morgan fingerprint density at radius 3 is 2.69 bits per heavy atom. The highest BCUT2D eigenvalue weighted by atomic mass is 35.5. The molecule has 0 aliphatic carbocycles. The van der Waals surface area contributed by atoms with E-state index in [2.05, 4.69) is 4.98 Å². The number of halogens is 2. The second-order valence-corrected chi connectivity index (χ2v) is 10.7. The number of hydrogen-bond acceptors (Lipinski definition) is 6. The lowest BCUT2D eigenvalue weighted by atomic mass is 9.94. The number of aliphatic hydroxyl groups is 1. The SMILES string of the molecule is CC1Cc2cc(/C(O)=C3/C(=O)C(=O)N(c4nc5ccc(Cl)cc5s4)C3c3cccc(Cl)c3)ccc2O1. The van der Waals surface area contributed by atoms with Crippen LogP contribution in [-0.2, 0) is 16.0 Å². The van der Waals surface area contributed by atoms with Crippen LogP contribution in [0.1, 0.15) is 29.7 Å². The molecule has 9 heteroatoms. The number of carbonyl (C=O) groups excluding carboxylic acids is 2. The number of carbonyl (C=O) groups is 2. The van der Waals surface area contributed by atoms with Crippen LogP contribution in [0.25, 0.3) is 16.0 Å². The Morgan fingerprint density at radius 1 is 1.08 bits per heavy atom. The number of thiazole rings is 1. The van der Waals surface area contributed by atoms with Crippen LogP contribution in [0.4, 0.5) is 5.13 Å². The van der Waals surface area contributed by atoms with Gasteiger partial charge in [-0.2, -0.15) is 0 Å². The van der Waals surface area contributed by atoms with E-state index in [0.717, 1.165) is 16.0 Å². The van der Waals surface area contributed by atoms with Crippen LogP contribution < -0.4 is 9.64 Å². The van der Waals surface area contributed by atoms with Gasteiger partial charge < -0.3 is 9.84 Å². The average molecular weight is 537 g/mol. The number of anilines is 1. The summed E-state index contributed by atoms with van der Waals surface area (Å²) in [6.07, 6.45) is 0.721. The van der Waals surface area contributed by atoms with E-state index in [1.165, 1.54) is 16.2 Å². The van der Waals surface area contributed by atoms with E-state index in [1.807, 2.05) is 6.92 Å². The molecule has 1 saturated heterocycles. The first-order valence-corrected chi connectivity index (χ1v) is 12.8. The fourth-order valence-corrected chi connectivity index (χ4v) is 6.20. The summed E-state index contributed by atoms with van der Waals surface area (Å²) in [5, 5.41) is 12.7. The maximum Gasteiger partial charge on any atom is 0.301 e. The molecule has 1 amide bonds. The van der Waals surface area contributed by atoms with Crippen LogP contribution in [0.3, 0.4) is 0 Å². The van der Waals surface area contributed by atoms with Crippen molar-refractivity contribution in [3.63, 3.8) is 0 Å². The van der Waals surface area contributed by atoms with Crippen LogP contribution in [-0.4, -0.2) is 27.9 Å². The second kappa shape index (κ2) is 8.62. The maximum atomic E-state index is 13.4. The van der Waals surface area contributed by atoms with Gasteiger partial charge in [0.05, 0.1) is 21.8 Å². The van der Waals surface area contributed by atoms with Gasteiger partial charge in [0.2, 0.25) is 0 Å². The molecule has 2 unspecified atom stereocenters. The summed E-state index contributed by atoms with van der Waals surface area (Å²) < 4.78 is 6.54. The van der Waals surface area contributed by atoms with Crippen LogP contribution in [0.5, 0.6) is 5.75 Å². The van der Waals surface area contributed by atoms with Gasteiger partial charge in [-0.05, 0) is 66.6 Å². The standard InChI is InChI=1S/C27H18Cl2N2O4S/c1-13-9-16-10-15(5-8-20(16)35-13)24(32)22-23(14-3-2-4-17(28)11-14)31(26(34)25(22)33)27-30-19-7-6-18(29)12-21(19)36-27/h2-8,10-13,23,32H,9H2,1H3/b24-22-. The number of Topliss-reactive ketones (excluding diaryl/α,β-unsaturated/α-hetero) is 1. The number of aliphatic hydroxyl groups excluding tert-OH is 1. The molecule has 36 heavy (non-hydrogen) atoms. The van der Waals surface area contributed by atoms with E-state index in [0.29, 0.717) is 38.2 Å². The molecule has 0 spiro atoms. The van der Waals surface area contributed by atoms with Gasteiger partial charge in [0.25, 0.3) is 5.78 Å². The molecule has 1 N–H and O–H groups in total. The molecule has 6 rings (SSSR count). The fourth-order valence-electron chi connectivity index (χ4n) is 4.74. The molecule has 1 fully saturated rings. The number of ketones is 1. The Kier molecular flexibility index (Phi) is 5.52. The topological polar surface area (TPSA) is 79.7 Å². The maximum absolute atomic E-state index is 13.4. The van der Waals surface area contributed by atoms with Crippen LogP contribution in [0.2, 0.25) is 10.0 Å². The molecule has 3 aromatic carbocycles. The fraction of sp³-hybridized carbons (Fsp3) is 0.148. The van der Waals surface area contributed by atoms with Gasteiger partial charge in [0.1, 0.15) is 17.6 Å². The summed E-state index contributed by atoms with van der Waals surface area (Å²) in [7, 11) is 0. The van der Waals surface area contributed by atoms with Gasteiger partial charge in [-0.3, -0.25) is 14.5 Å². The van der Waals surface area contributed by atoms with Crippen molar-refractivity contribution < 1.29 is 19.4 Å². The van der Waals surface area contributed by atoms with E-state index in [1.54, 1.807) is 60.7 Å². The molecule has 1 aromatic heterocycles. The van der Waals surface area contributed by atoms with Gasteiger partial charge in [-0.15, -0.1) is 0 Å². The second-order valence-electron chi connectivity index (χ2n) is 8.79. The number of aromatic nitrogens is 1. The van der Waals surface area contributed by atoms with Gasteiger partial charge in [-0.1, -0.05) is 46.7 Å². The van der Waals surface area contributed by atoms with Crippen LogP contribution in [0, 0.1) is 0 Å². The first-order chi connectivity index (χ1) is 17.3. The lowest BCUT2D eigenvalue weighted by Gasteiger charge is -2.23. The predicted molar refractivity (Wildman–Crippen MR) is 141 cm³/mol. The van der Waals surface area contributed by atoms with E-state index in [4.69, 9.17) is 27.9 Å². The van der Waals surface area contributed by atoms with Gasteiger partial charge >= 0.3 is 5.91 Å². The number of amides is 1. The Labute approximate surface area is 220 Å². The molecular weight excluding hydrogens is 519 g/mol. The lowest BCUT2D eigenvalue weighted by Crippen LogP contribution is -2.29. The zero-order valence-corrected chi connectivity index (χ0v) is 21.2. The highest BCUT2D eigenvalue weighted by molar-refractivity contribution is 7.22. The van der Waals surface area contributed by atoms with Crippen LogP contribution in [0.15, 0.2) is 66.2 Å². The monoisotopic (exact) mass is 536 g/mol. The number of nitrogens with zero attached hydrogens (tertiary/aromatic N) is 2. The van der Waals surface area contributed by atoms with Crippen molar-refractivity contribution in [3.05, 3.63) is 93.0 Å². The van der Waals surface area contributed by atoms with Crippen molar-refractivity contribution in [1.82, 2.24) is 4.98 Å². The van der Waals surface area contributed by atoms with Crippen molar-refractivity contribution in [2.75, 3.05) is 4.90 Å². The van der Waals surface area contributed by atoms with Crippen molar-refractivity contribution in [2.24, 2.45) is 0 Å². The zero-order valence-electron chi connectivity index (χ0n) is 18.9. The van der Waals surface area contributed by atoms with Gasteiger partial charge in [-0.25, -0.2) is 4.98 Å². The molecule has 4 aromatic rings. The Bertz CT molecular complexity index is 1610. The predicted octanol–water partition coefficient (Wildman–Crippen LogP) is 6.55. The molecular formula is C27H18Cl2N2O4S. The third-order valence-electron chi connectivity index (χ3n) is 6.32. The normalized spacial score (nSPS) is 20.7. The minimum absolute atomic E-state index is 0.0218. The molecule has 180 valence electrons. The molecule has 0 saturated carbocycles. The Morgan fingerprint density at radius 2 is 1.89 bits per heavy atom. The lowest BCUT2D eigenvalue weighted by molar-refractivity contribution is -0.132. The average Bonchev–Trinajstić information content (AvgIpc) is 3.50. The first-order valence-electron chi connectivity index (χ1n) is 11.2. The number of hydrogen-bond donors (Lipinski definition) is 1. The number of fused-ring (bicyclic) bond motifs is 2. The Hall–Kier alpha value is -3.39. The third-order valence-corrected chi connectivity index (χ3v) is 7.81. The van der Waals surface area contributed by atoms with E-state index in [9.17, 15) is 14.7 Å². The molecule has 2 aliphatic rings. The number of benzene rings is 3. The quantitative estimate of drug-likeness (QED) is 0.182. The molecule has 6 nitrogen and oxygen atoms in total. The highest BCUT2D eigenvalue weighted by Gasteiger charge is 2.48. The number of ether oxygens (including phenoxy) is 1.